The van der Waals surface area contributed by atoms with Gasteiger partial charge < -0.3 is 14.4 Å². The second-order valence-electron chi connectivity index (χ2n) is 13.8. The minimum absolute atomic E-state index is 0.228. The average molecular weight is 741 g/mol. The van der Waals surface area contributed by atoms with Crippen molar-refractivity contribution in [3.05, 3.63) is 36.5 Å². The third kappa shape index (κ3) is 37.8. The number of ether oxygens (including phenoxy) is 2. The van der Waals surface area contributed by atoms with Crippen molar-refractivity contribution in [1.82, 2.24) is 0 Å². The Morgan fingerprint density at radius 1 is 0.549 bits per heavy atom. The van der Waals surface area contributed by atoms with Crippen LogP contribution in [-0.2, 0) is 32.7 Å². The van der Waals surface area contributed by atoms with E-state index in [0.29, 0.717) is 12.8 Å². The standard InChI is InChI=1S/C42H77O8P/c1-4-6-8-10-12-14-16-18-19-20-21-22-23-25-27-29-31-33-35-37-42(44)50-40(39-49-51(45,46)47-3)38-48-41(43)36-34-32-30-28-26-24-17-15-13-11-9-7-5-2/h12,14,18-19,21-22,40H,4-11,13,15-17,20,23-39H2,1-3H3,(H,45,46)/b14-12-,19-18-,22-21-. The molecule has 0 aliphatic carbocycles. The van der Waals surface area contributed by atoms with Crippen LogP contribution in [0.2, 0.25) is 0 Å². The predicted molar refractivity (Wildman–Crippen MR) is 212 cm³/mol. The lowest BCUT2D eigenvalue weighted by Gasteiger charge is -2.19. The van der Waals surface area contributed by atoms with Crippen molar-refractivity contribution in [1.29, 1.82) is 0 Å². The maximum atomic E-state index is 12.5. The summed E-state index contributed by atoms with van der Waals surface area (Å²) in [6.45, 7) is 3.85. The molecule has 2 unspecified atom stereocenters. The first-order chi connectivity index (χ1) is 24.8. The van der Waals surface area contributed by atoms with Gasteiger partial charge in [0.05, 0.1) is 6.61 Å². The van der Waals surface area contributed by atoms with Crippen molar-refractivity contribution in [3.8, 4) is 0 Å². The topological polar surface area (TPSA) is 108 Å². The molecule has 0 radical (unpaired) electrons. The van der Waals surface area contributed by atoms with Crippen molar-refractivity contribution in [2.75, 3.05) is 20.3 Å². The minimum Gasteiger partial charge on any atom is -0.462 e. The van der Waals surface area contributed by atoms with E-state index >= 15 is 0 Å². The summed E-state index contributed by atoms with van der Waals surface area (Å²) in [6.07, 6.45) is 43.3. The molecule has 0 aromatic heterocycles. The molecule has 8 nitrogen and oxygen atoms in total. The molecule has 0 aliphatic heterocycles. The van der Waals surface area contributed by atoms with E-state index < -0.39 is 26.5 Å². The first-order valence-electron chi connectivity index (χ1n) is 20.7. The molecule has 2 atom stereocenters. The van der Waals surface area contributed by atoms with Gasteiger partial charge in [0.2, 0.25) is 0 Å². The highest BCUT2D eigenvalue weighted by Crippen LogP contribution is 2.42. The van der Waals surface area contributed by atoms with Gasteiger partial charge in [-0.3, -0.25) is 18.6 Å². The van der Waals surface area contributed by atoms with Crippen LogP contribution in [0.1, 0.15) is 194 Å². The van der Waals surface area contributed by atoms with Crippen LogP contribution in [0.3, 0.4) is 0 Å². The van der Waals surface area contributed by atoms with E-state index in [1.807, 2.05) is 0 Å². The summed E-state index contributed by atoms with van der Waals surface area (Å²) < 4.78 is 31.9. The number of allylic oxidation sites excluding steroid dienone is 6. The Kier molecular flexibility index (Phi) is 36.7. The fourth-order valence-corrected chi connectivity index (χ4v) is 6.12. The van der Waals surface area contributed by atoms with E-state index in [-0.39, 0.29) is 19.0 Å². The molecule has 0 saturated heterocycles. The van der Waals surface area contributed by atoms with E-state index in [1.54, 1.807) is 0 Å². The molecule has 51 heavy (non-hydrogen) atoms. The fourth-order valence-electron chi connectivity index (χ4n) is 5.66. The van der Waals surface area contributed by atoms with Gasteiger partial charge in [0.1, 0.15) is 6.61 Å². The number of esters is 2. The summed E-state index contributed by atoms with van der Waals surface area (Å²) in [6, 6.07) is 0. The lowest BCUT2D eigenvalue weighted by molar-refractivity contribution is -0.161. The number of hydrogen-bond acceptors (Lipinski definition) is 7. The number of carbonyl (C=O) groups excluding carboxylic acids is 2. The van der Waals surface area contributed by atoms with Gasteiger partial charge >= 0.3 is 19.8 Å². The van der Waals surface area contributed by atoms with Crippen molar-refractivity contribution in [2.45, 2.75) is 200 Å². The summed E-state index contributed by atoms with van der Waals surface area (Å²) in [4.78, 5) is 34.4. The minimum atomic E-state index is -4.26. The number of rotatable bonds is 38. The molecule has 0 amide bonds. The summed E-state index contributed by atoms with van der Waals surface area (Å²) >= 11 is 0. The van der Waals surface area contributed by atoms with Crippen molar-refractivity contribution in [2.24, 2.45) is 0 Å². The number of phosphoric ester groups is 1. The highest BCUT2D eigenvalue weighted by atomic mass is 31.2. The van der Waals surface area contributed by atoms with Gasteiger partial charge in [-0.2, -0.15) is 0 Å². The van der Waals surface area contributed by atoms with Gasteiger partial charge in [-0.25, -0.2) is 4.57 Å². The molecule has 0 spiro atoms. The van der Waals surface area contributed by atoms with E-state index in [0.717, 1.165) is 71.3 Å². The molecule has 0 aliphatic rings. The summed E-state index contributed by atoms with van der Waals surface area (Å²) in [5.41, 5.74) is 0. The Labute approximate surface area is 313 Å². The third-order valence-electron chi connectivity index (χ3n) is 8.89. The molecule has 0 aromatic carbocycles. The van der Waals surface area contributed by atoms with Crippen molar-refractivity contribution in [3.63, 3.8) is 0 Å². The van der Waals surface area contributed by atoms with Crippen LogP contribution >= 0.6 is 7.82 Å². The molecule has 9 heteroatoms. The smallest absolute Gasteiger partial charge is 0.462 e. The van der Waals surface area contributed by atoms with Gasteiger partial charge in [0.25, 0.3) is 0 Å². The molecule has 0 bridgehead atoms. The zero-order valence-corrected chi connectivity index (χ0v) is 33.9. The quantitative estimate of drug-likeness (QED) is 0.0288. The monoisotopic (exact) mass is 741 g/mol. The zero-order chi connectivity index (χ0) is 37.5. The van der Waals surface area contributed by atoms with Crippen molar-refractivity contribution >= 4 is 19.8 Å². The van der Waals surface area contributed by atoms with E-state index in [4.69, 9.17) is 14.0 Å². The van der Waals surface area contributed by atoms with Gasteiger partial charge in [0.15, 0.2) is 6.10 Å². The van der Waals surface area contributed by atoms with Gasteiger partial charge in [-0.1, -0.05) is 166 Å². The van der Waals surface area contributed by atoms with Crippen LogP contribution in [0.5, 0.6) is 0 Å². The van der Waals surface area contributed by atoms with Crippen molar-refractivity contribution < 1.29 is 37.6 Å². The van der Waals surface area contributed by atoms with Gasteiger partial charge in [-0.05, 0) is 51.4 Å². The molecule has 1 N–H and O–H groups in total. The molecule has 0 fully saturated rings. The summed E-state index contributed by atoms with van der Waals surface area (Å²) in [5, 5.41) is 0. The molecular formula is C42H77O8P. The Morgan fingerprint density at radius 3 is 1.43 bits per heavy atom. The molecule has 0 saturated carbocycles. The normalized spacial score (nSPS) is 13.7. The van der Waals surface area contributed by atoms with Gasteiger partial charge in [0, 0.05) is 20.0 Å². The maximum Gasteiger partial charge on any atom is 0.472 e. The first-order valence-corrected chi connectivity index (χ1v) is 22.2. The SMILES string of the molecule is CCCCC/C=C\C/C=C\C/C=C\CCCCCCCCC(=O)OC(COC(=O)CCCCCCCCCCCCCCC)COP(=O)(O)OC. The second kappa shape index (κ2) is 38.0. The Morgan fingerprint density at radius 2 is 0.941 bits per heavy atom. The Bertz CT molecular complexity index is 932. The lowest BCUT2D eigenvalue weighted by Crippen LogP contribution is -2.29. The zero-order valence-electron chi connectivity index (χ0n) is 33.0. The van der Waals surface area contributed by atoms with E-state index in [9.17, 15) is 19.0 Å². The molecule has 0 heterocycles. The number of unbranched alkanes of at least 4 members (excludes halogenated alkanes) is 21. The fraction of sp³-hybridized carbons (Fsp3) is 0.810. The summed E-state index contributed by atoms with van der Waals surface area (Å²) in [5.74, 6) is -0.814. The van der Waals surface area contributed by atoms with Crippen LogP contribution in [-0.4, -0.2) is 43.3 Å². The van der Waals surface area contributed by atoms with Crippen LogP contribution in [0.4, 0.5) is 0 Å². The number of hydrogen-bond donors (Lipinski definition) is 1. The average Bonchev–Trinajstić information content (AvgIpc) is 3.12. The van der Waals surface area contributed by atoms with Crippen LogP contribution in [0.15, 0.2) is 36.5 Å². The van der Waals surface area contributed by atoms with Crippen LogP contribution in [0.25, 0.3) is 0 Å². The maximum absolute atomic E-state index is 12.5. The first kappa shape index (κ1) is 49.3. The highest BCUT2D eigenvalue weighted by Gasteiger charge is 2.24. The highest BCUT2D eigenvalue weighted by molar-refractivity contribution is 7.47. The number of phosphoric acid groups is 1. The Hall–Kier alpha value is -1.73. The molecule has 298 valence electrons. The van der Waals surface area contributed by atoms with Crippen LogP contribution < -0.4 is 0 Å². The largest absolute Gasteiger partial charge is 0.472 e. The van der Waals surface area contributed by atoms with Crippen LogP contribution in [0, 0.1) is 0 Å². The molecule has 0 aromatic rings. The predicted octanol–water partition coefficient (Wildman–Crippen LogP) is 12.8. The molecular weight excluding hydrogens is 663 g/mol. The third-order valence-corrected chi connectivity index (χ3v) is 9.82. The second-order valence-corrected chi connectivity index (χ2v) is 15.3. The lowest BCUT2D eigenvalue weighted by atomic mass is 10.0. The van der Waals surface area contributed by atoms with E-state index in [2.05, 4.69) is 54.8 Å². The van der Waals surface area contributed by atoms with E-state index in [1.165, 1.54) is 96.3 Å². The summed E-state index contributed by atoms with van der Waals surface area (Å²) in [7, 11) is -3.20. The number of carbonyl (C=O) groups is 2. The Balaban J connectivity index is 4.04. The molecule has 0 rings (SSSR count). The van der Waals surface area contributed by atoms with Gasteiger partial charge in [-0.15, -0.1) is 0 Å².